The Morgan fingerprint density at radius 1 is 1.32 bits per heavy atom. The molecule has 19 heavy (non-hydrogen) atoms. The summed E-state index contributed by atoms with van der Waals surface area (Å²) < 4.78 is 31.3. The van der Waals surface area contributed by atoms with Gasteiger partial charge in [0.2, 0.25) is 10.0 Å². The van der Waals surface area contributed by atoms with Crippen LogP contribution in [0.1, 0.15) is 6.92 Å². The van der Waals surface area contributed by atoms with Crippen LogP contribution in [0, 0.1) is 0 Å². The average molecular weight is 307 g/mol. The number of piperazine rings is 1. The summed E-state index contributed by atoms with van der Waals surface area (Å²) in [7, 11) is -1.83. The van der Waals surface area contributed by atoms with Gasteiger partial charge in [0.15, 0.2) is 0 Å². The lowest BCUT2D eigenvalue weighted by Gasteiger charge is -2.31. The zero-order chi connectivity index (χ0) is 13.2. The van der Waals surface area contributed by atoms with Crippen LogP contribution in [0.15, 0.2) is 29.2 Å². The van der Waals surface area contributed by atoms with Crippen LogP contribution in [0.4, 0.5) is 0 Å². The van der Waals surface area contributed by atoms with Crippen molar-refractivity contribution in [2.24, 2.45) is 0 Å². The minimum Gasteiger partial charge on any atom is -0.497 e. The maximum Gasteiger partial charge on any atom is 0.243 e. The third-order valence-corrected chi connectivity index (χ3v) is 4.91. The molecule has 0 amide bonds. The van der Waals surface area contributed by atoms with Crippen molar-refractivity contribution >= 4 is 22.4 Å². The number of nitrogens with one attached hydrogen (secondary N) is 1. The number of sulfonamides is 1. The molecule has 5 nitrogen and oxygen atoms in total. The molecule has 1 saturated heterocycles. The summed E-state index contributed by atoms with van der Waals surface area (Å²) in [6.45, 7) is 3.69. The number of hydrogen-bond acceptors (Lipinski definition) is 4. The number of halogens is 1. The van der Waals surface area contributed by atoms with Gasteiger partial charge >= 0.3 is 0 Å². The summed E-state index contributed by atoms with van der Waals surface area (Å²) in [6.07, 6.45) is 0. The molecule has 1 fully saturated rings. The minimum atomic E-state index is -3.38. The largest absolute Gasteiger partial charge is 0.497 e. The molecule has 2 rings (SSSR count). The Balaban J connectivity index is 0.00000180. The van der Waals surface area contributed by atoms with E-state index >= 15 is 0 Å². The van der Waals surface area contributed by atoms with E-state index in [1.165, 1.54) is 4.31 Å². The normalized spacial score (nSPS) is 20.6. The number of nitrogens with zero attached hydrogens (tertiary/aromatic N) is 1. The Morgan fingerprint density at radius 3 is 2.47 bits per heavy atom. The number of methoxy groups -OCH3 is 1. The van der Waals surface area contributed by atoms with Crippen LogP contribution in [-0.2, 0) is 10.0 Å². The van der Waals surface area contributed by atoms with Gasteiger partial charge in [-0.15, -0.1) is 12.4 Å². The molecule has 0 spiro atoms. The summed E-state index contributed by atoms with van der Waals surface area (Å²) in [6, 6.07) is 6.69. The van der Waals surface area contributed by atoms with E-state index in [1.54, 1.807) is 31.4 Å². The van der Waals surface area contributed by atoms with Gasteiger partial charge in [0, 0.05) is 25.7 Å². The second-order valence-electron chi connectivity index (χ2n) is 4.39. The highest BCUT2D eigenvalue weighted by Gasteiger charge is 2.28. The highest BCUT2D eigenvalue weighted by atomic mass is 35.5. The Labute approximate surface area is 120 Å². The predicted octanol–water partition coefficient (Wildman–Crippen LogP) is 1.10. The fourth-order valence-corrected chi connectivity index (χ4v) is 3.54. The third-order valence-electron chi connectivity index (χ3n) is 3.03. The monoisotopic (exact) mass is 306 g/mol. The first-order valence-corrected chi connectivity index (χ1v) is 7.35. The van der Waals surface area contributed by atoms with Gasteiger partial charge in [-0.1, -0.05) is 0 Å². The lowest BCUT2D eigenvalue weighted by atomic mass is 10.3. The van der Waals surface area contributed by atoms with Gasteiger partial charge in [0.25, 0.3) is 0 Å². The first kappa shape index (κ1) is 16.2. The summed E-state index contributed by atoms with van der Waals surface area (Å²) in [5.74, 6) is 0.655. The van der Waals surface area contributed by atoms with Crippen LogP contribution >= 0.6 is 12.4 Å². The fraction of sp³-hybridized carbons (Fsp3) is 0.500. The Kier molecular flexibility index (Phi) is 5.61. The van der Waals surface area contributed by atoms with Gasteiger partial charge in [-0.05, 0) is 31.2 Å². The second-order valence-corrected chi connectivity index (χ2v) is 6.33. The maximum atomic E-state index is 12.4. The van der Waals surface area contributed by atoms with E-state index in [4.69, 9.17) is 4.74 Å². The Hall–Kier alpha value is -0.820. The van der Waals surface area contributed by atoms with E-state index in [2.05, 4.69) is 5.32 Å². The molecule has 1 aliphatic rings. The quantitative estimate of drug-likeness (QED) is 0.908. The molecule has 1 aliphatic heterocycles. The molecular weight excluding hydrogens is 288 g/mol. The molecule has 7 heteroatoms. The molecule has 1 heterocycles. The van der Waals surface area contributed by atoms with Crippen molar-refractivity contribution in [1.82, 2.24) is 9.62 Å². The minimum absolute atomic E-state index is 0. The first-order chi connectivity index (χ1) is 8.54. The summed E-state index contributed by atoms with van der Waals surface area (Å²) in [5.41, 5.74) is 0. The molecule has 108 valence electrons. The van der Waals surface area contributed by atoms with E-state index in [-0.39, 0.29) is 18.4 Å². The topological polar surface area (TPSA) is 58.6 Å². The van der Waals surface area contributed by atoms with Crippen molar-refractivity contribution in [3.63, 3.8) is 0 Å². The molecule has 0 radical (unpaired) electrons. The van der Waals surface area contributed by atoms with Crippen molar-refractivity contribution in [2.75, 3.05) is 26.7 Å². The van der Waals surface area contributed by atoms with Crippen LogP contribution in [-0.4, -0.2) is 45.5 Å². The number of benzene rings is 1. The number of rotatable bonds is 3. The van der Waals surface area contributed by atoms with Crippen molar-refractivity contribution < 1.29 is 13.2 Å². The van der Waals surface area contributed by atoms with Crippen LogP contribution < -0.4 is 10.1 Å². The molecule has 1 N–H and O–H groups in total. The van der Waals surface area contributed by atoms with Crippen molar-refractivity contribution in [2.45, 2.75) is 17.9 Å². The van der Waals surface area contributed by atoms with Gasteiger partial charge in [0.05, 0.1) is 12.0 Å². The van der Waals surface area contributed by atoms with Crippen molar-refractivity contribution in [3.05, 3.63) is 24.3 Å². The molecule has 0 unspecified atom stereocenters. The van der Waals surface area contributed by atoms with E-state index < -0.39 is 10.0 Å². The first-order valence-electron chi connectivity index (χ1n) is 5.91. The second kappa shape index (κ2) is 6.56. The van der Waals surface area contributed by atoms with Gasteiger partial charge in [0.1, 0.15) is 5.75 Å². The van der Waals surface area contributed by atoms with E-state index in [9.17, 15) is 8.42 Å². The number of hydrogen-bond donors (Lipinski definition) is 1. The van der Waals surface area contributed by atoms with Crippen LogP contribution in [0.5, 0.6) is 5.75 Å². The third kappa shape index (κ3) is 3.60. The predicted molar refractivity (Wildman–Crippen MR) is 76.5 cm³/mol. The Morgan fingerprint density at radius 2 is 1.95 bits per heavy atom. The van der Waals surface area contributed by atoms with Gasteiger partial charge < -0.3 is 10.1 Å². The highest BCUT2D eigenvalue weighted by Crippen LogP contribution is 2.20. The smallest absolute Gasteiger partial charge is 0.243 e. The lowest BCUT2D eigenvalue weighted by Crippen LogP contribution is -2.51. The Bertz CT molecular complexity index is 504. The number of ether oxygens (including phenoxy) is 1. The van der Waals surface area contributed by atoms with Gasteiger partial charge in [-0.3, -0.25) is 0 Å². The standard InChI is InChI=1S/C12H18N2O3S.ClH/c1-10-9-14(8-7-13-10)18(15,16)12-5-3-11(17-2)4-6-12;/h3-6,10,13H,7-9H2,1-2H3;1H/t10-;/m0./s1. The highest BCUT2D eigenvalue weighted by molar-refractivity contribution is 7.89. The van der Waals surface area contributed by atoms with E-state index in [0.29, 0.717) is 30.3 Å². The van der Waals surface area contributed by atoms with Crippen molar-refractivity contribution in [1.29, 1.82) is 0 Å². The average Bonchev–Trinajstić information content (AvgIpc) is 2.39. The van der Waals surface area contributed by atoms with Crippen LogP contribution in [0.25, 0.3) is 0 Å². The molecule has 0 bridgehead atoms. The zero-order valence-electron chi connectivity index (χ0n) is 11.0. The van der Waals surface area contributed by atoms with Crippen molar-refractivity contribution in [3.8, 4) is 5.75 Å². The maximum absolute atomic E-state index is 12.4. The van der Waals surface area contributed by atoms with E-state index in [0.717, 1.165) is 0 Å². The summed E-state index contributed by atoms with van der Waals surface area (Å²) in [4.78, 5) is 0.317. The zero-order valence-corrected chi connectivity index (χ0v) is 12.6. The molecule has 1 aromatic carbocycles. The van der Waals surface area contributed by atoms with Gasteiger partial charge in [-0.2, -0.15) is 4.31 Å². The lowest BCUT2D eigenvalue weighted by molar-refractivity contribution is 0.310. The van der Waals surface area contributed by atoms with Gasteiger partial charge in [-0.25, -0.2) is 8.42 Å². The molecule has 0 aromatic heterocycles. The molecule has 1 atom stereocenters. The fourth-order valence-electron chi connectivity index (χ4n) is 2.01. The summed E-state index contributed by atoms with van der Waals surface area (Å²) in [5, 5.41) is 3.23. The molecule has 0 aliphatic carbocycles. The molecule has 0 saturated carbocycles. The molecule has 1 aromatic rings. The van der Waals surface area contributed by atoms with Crippen LogP contribution in [0.2, 0.25) is 0 Å². The van der Waals surface area contributed by atoms with E-state index in [1.807, 2.05) is 6.92 Å². The SMILES string of the molecule is COc1ccc(S(=O)(=O)N2CCN[C@@H](C)C2)cc1.Cl. The summed E-state index contributed by atoms with van der Waals surface area (Å²) >= 11 is 0. The van der Waals surface area contributed by atoms with Crippen LogP contribution in [0.3, 0.4) is 0 Å². The molecular formula is C12H19ClN2O3S.